The molecule has 1 aromatic carbocycles. The van der Waals surface area contributed by atoms with Gasteiger partial charge in [-0.15, -0.1) is 0 Å². The molecular weight excluding hydrogens is 136 g/mol. The van der Waals surface area contributed by atoms with Gasteiger partial charge >= 0.3 is 0 Å². The van der Waals surface area contributed by atoms with Crippen molar-refractivity contribution < 1.29 is 0 Å². The van der Waals surface area contributed by atoms with Crippen LogP contribution in [0.5, 0.6) is 0 Å². The average molecular weight is 145 g/mol. The molecule has 0 unspecified atom stereocenters. The second-order valence-corrected chi connectivity index (χ2v) is 2.44. The van der Waals surface area contributed by atoms with Crippen LogP contribution in [0, 0.1) is 0 Å². The van der Waals surface area contributed by atoms with E-state index in [0.29, 0.717) is 0 Å². The second kappa shape index (κ2) is 2.31. The Morgan fingerprint density at radius 2 is 2.09 bits per heavy atom. The Labute approximate surface area is 65.2 Å². The van der Waals surface area contributed by atoms with E-state index in [4.69, 9.17) is 0 Å². The molecule has 0 saturated heterocycles. The van der Waals surface area contributed by atoms with E-state index in [2.05, 4.69) is 16.4 Å². The summed E-state index contributed by atoms with van der Waals surface area (Å²) in [6.07, 6.45) is 1.92. The topological polar surface area (TPSA) is 29.9 Å². The molecule has 0 bridgehead atoms. The Balaban J connectivity index is 2.76. The molecule has 2 aromatic rings. The predicted octanol–water partition coefficient (Wildman–Crippen LogP) is 2.03. The molecule has 0 spiro atoms. The van der Waals surface area contributed by atoms with Crippen LogP contribution in [-0.2, 0) is 0 Å². The van der Waals surface area contributed by atoms with Crippen LogP contribution in [0.4, 0.5) is 5.69 Å². The summed E-state index contributed by atoms with van der Waals surface area (Å²) in [6.45, 7) is 0. The minimum absolute atomic E-state index is 1.03. The standard InChI is InChI=1S/C9H9N2/c1-10-9-6-11-8-5-3-2-4-7(8)9/h2-6,11H,1H3. The van der Waals surface area contributed by atoms with Crippen molar-refractivity contribution in [1.82, 2.24) is 10.3 Å². The summed E-state index contributed by atoms with van der Waals surface area (Å²) in [5, 5.41) is 5.32. The maximum absolute atomic E-state index is 4.13. The molecule has 1 radical (unpaired) electrons. The maximum atomic E-state index is 4.13. The number of rotatable bonds is 1. The van der Waals surface area contributed by atoms with Gasteiger partial charge in [-0.3, -0.25) is 5.32 Å². The fourth-order valence-electron chi connectivity index (χ4n) is 1.24. The highest BCUT2D eigenvalue weighted by Gasteiger charge is 1.98. The van der Waals surface area contributed by atoms with Gasteiger partial charge in [0.05, 0.1) is 5.69 Å². The van der Waals surface area contributed by atoms with Crippen LogP contribution in [0.15, 0.2) is 30.5 Å². The van der Waals surface area contributed by atoms with E-state index in [1.807, 2.05) is 24.4 Å². The molecule has 0 amide bonds. The quantitative estimate of drug-likeness (QED) is 0.636. The zero-order chi connectivity index (χ0) is 7.68. The minimum atomic E-state index is 1.03. The molecule has 1 aromatic heterocycles. The Kier molecular flexibility index (Phi) is 1.32. The average Bonchev–Trinajstić information content (AvgIpc) is 2.47. The molecule has 55 valence electrons. The number of fused-ring (bicyclic) bond motifs is 1. The van der Waals surface area contributed by atoms with Gasteiger partial charge in [-0.05, 0) is 6.07 Å². The number of aromatic nitrogens is 1. The van der Waals surface area contributed by atoms with Crippen molar-refractivity contribution >= 4 is 16.6 Å². The lowest BCUT2D eigenvalue weighted by Gasteiger charge is -1.91. The van der Waals surface area contributed by atoms with Crippen LogP contribution in [-0.4, -0.2) is 12.0 Å². The van der Waals surface area contributed by atoms with Gasteiger partial charge in [-0.2, -0.15) is 0 Å². The summed E-state index contributed by atoms with van der Waals surface area (Å²) >= 11 is 0. The number of para-hydroxylation sites is 1. The molecule has 0 aliphatic carbocycles. The third kappa shape index (κ3) is 0.871. The first-order valence-electron chi connectivity index (χ1n) is 3.58. The predicted molar refractivity (Wildman–Crippen MR) is 46.0 cm³/mol. The number of aromatic amines is 1. The Bertz CT molecular complexity index is 362. The van der Waals surface area contributed by atoms with Crippen molar-refractivity contribution in [1.29, 1.82) is 0 Å². The molecule has 0 fully saturated rings. The number of H-pyrrole nitrogens is 1. The summed E-state index contributed by atoms with van der Waals surface area (Å²) in [5.74, 6) is 0. The van der Waals surface area contributed by atoms with Crippen molar-refractivity contribution in [3.63, 3.8) is 0 Å². The number of nitrogens with one attached hydrogen (secondary N) is 1. The van der Waals surface area contributed by atoms with E-state index in [0.717, 1.165) is 11.2 Å². The van der Waals surface area contributed by atoms with Gasteiger partial charge in [0.1, 0.15) is 0 Å². The number of hydrogen-bond acceptors (Lipinski definition) is 0. The van der Waals surface area contributed by atoms with Crippen molar-refractivity contribution in [2.24, 2.45) is 0 Å². The monoisotopic (exact) mass is 145 g/mol. The minimum Gasteiger partial charge on any atom is -0.359 e. The fourth-order valence-corrected chi connectivity index (χ4v) is 1.24. The molecule has 0 aliphatic rings. The first-order valence-corrected chi connectivity index (χ1v) is 3.58. The molecule has 1 N–H and O–H groups in total. The van der Waals surface area contributed by atoms with Crippen LogP contribution < -0.4 is 5.32 Å². The summed E-state index contributed by atoms with van der Waals surface area (Å²) in [4.78, 5) is 3.15. The first-order chi connectivity index (χ1) is 5.42. The highest BCUT2D eigenvalue weighted by molar-refractivity contribution is 5.90. The number of nitrogens with zero attached hydrogens (tertiary/aromatic N) is 1. The Morgan fingerprint density at radius 1 is 1.27 bits per heavy atom. The van der Waals surface area contributed by atoms with Crippen molar-refractivity contribution in [3.8, 4) is 0 Å². The van der Waals surface area contributed by atoms with E-state index in [-0.39, 0.29) is 0 Å². The van der Waals surface area contributed by atoms with E-state index in [1.54, 1.807) is 7.05 Å². The van der Waals surface area contributed by atoms with Crippen LogP contribution in [0.3, 0.4) is 0 Å². The molecular formula is C9H9N2. The van der Waals surface area contributed by atoms with Crippen molar-refractivity contribution in [3.05, 3.63) is 30.5 Å². The van der Waals surface area contributed by atoms with Crippen LogP contribution >= 0.6 is 0 Å². The first kappa shape index (κ1) is 6.28. The molecule has 1 heterocycles. The third-order valence-corrected chi connectivity index (χ3v) is 1.81. The highest BCUT2D eigenvalue weighted by atomic mass is 14.9. The molecule has 0 atom stereocenters. The van der Waals surface area contributed by atoms with Crippen LogP contribution in [0.2, 0.25) is 0 Å². The summed E-state index contributed by atoms with van der Waals surface area (Å²) in [6, 6.07) is 8.14. The molecule has 0 aliphatic heterocycles. The van der Waals surface area contributed by atoms with Crippen molar-refractivity contribution in [2.75, 3.05) is 7.05 Å². The summed E-state index contributed by atoms with van der Waals surface area (Å²) in [7, 11) is 1.80. The molecule has 2 nitrogen and oxygen atoms in total. The highest BCUT2D eigenvalue weighted by Crippen LogP contribution is 2.21. The van der Waals surface area contributed by atoms with Gasteiger partial charge in [0.15, 0.2) is 0 Å². The van der Waals surface area contributed by atoms with E-state index >= 15 is 0 Å². The van der Waals surface area contributed by atoms with E-state index in [1.165, 1.54) is 5.39 Å². The SMILES string of the molecule is C[N]c1c[nH]c2ccccc12. The summed E-state index contributed by atoms with van der Waals surface area (Å²) < 4.78 is 0. The lowest BCUT2D eigenvalue weighted by Crippen LogP contribution is -1.82. The summed E-state index contributed by atoms with van der Waals surface area (Å²) in [5.41, 5.74) is 2.17. The maximum Gasteiger partial charge on any atom is 0.0823 e. The van der Waals surface area contributed by atoms with Crippen LogP contribution in [0.1, 0.15) is 0 Å². The van der Waals surface area contributed by atoms with Gasteiger partial charge in [0, 0.05) is 24.1 Å². The van der Waals surface area contributed by atoms with Gasteiger partial charge in [-0.25, -0.2) is 0 Å². The third-order valence-electron chi connectivity index (χ3n) is 1.81. The van der Waals surface area contributed by atoms with Gasteiger partial charge in [-0.1, -0.05) is 18.2 Å². The zero-order valence-corrected chi connectivity index (χ0v) is 6.33. The number of hydrogen-bond donors (Lipinski definition) is 1. The molecule has 11 heavy (non-hydrogen) atoms. The van der Waals surface area contributed by atoms with Gasteiger partial charge in [0.2, 0.25) is 0 Å². The molecule has 2 rings (SSSR count). The van der Waals surface area contributed by atoms with E-state index < -0.39 is 0 Å². The largest absolute Gasteiger partial charge is 0.359 e. The van der Waals surface area contributed by atoms with Crippen molar-refractivity contribution in [2.45, 2.75) is 0 Å². The molecule has 0 saturated carbocycles. The van der Waals surface area contributed by atoms with Gasteiger partial charge in [0.25, 0.3) is 0 Å². The van der Waals surface area contributed by atoms with E-state index in [9.17, 15) is 0 Å². The van der Waals surface area contributed by atoms with Crippen LogP contribution in [0.25, 0.3) is 10.9 Å². The Hall–Kier alpha value is -1.44. The molecule has 2 heteroatoms. The normalized spacial score (nSPS) is 10.3. The lowest BCUT2D eigenvalue weighted by atomic mass is 10.2. The zero-order valence-electron chi connectivity index (χ0n) is 6.33. The lowest BCUT2D eigenvalue weighted by molar-refractivity contribution is 1.10. The number of benzene rings is 1. The fraction of sp³-hybridized carbons (Fsp3) is 0.111. The second-order valence-electron chi connectivity index (χ2n) is 2.44. The van der Waals surface area contributed by atoms with Gasteiger partial charge < -0.3 is 4.98 Å². The smallest absolute Gasteiger partial charge is 0.0823 e. The Morgan fingerprint density at radius 3 is 2.91 bits per heavy atom.